The highest BCUT2D eigenvalue weighted by Gasteiger charge is 2.26. The van der Waals surface area contributed by atoms with Crippen molar-refractivity contribution in [2.24, 2.45) is 0 Å². The Balaban J connectivity index is 1.49. The van der Waals surface area contributed by atoms with Crippen LogP contribution in [0.15, 0.2) is 53.8 Å². The van der Waals surface area contributed by atoms with Crippen molar-refractivity contribution in [3.05, 3.63) is 60.8 Å². The number of nitrogens with zero attached hydrogens (tertiary/aromatic N) is 3. The third-order valence-electron chi connectivity index (χ3n) is 4.22. The van der Waals surface area contributed by atoms with Crippen LogP contribution in [0.1, 0.15) is 35.1 Å². The van der Waals surface area contributed by atoms with Crippen molar-refractivity contribution in [1.82, 2.24) is 20.3 Å². The molecule has 1 saturated heterocycles. The predicted octanol–water partition coefficient (Wildman–Crippen LogP) is 2.81. The zero-order valence-corrected chi connectivity index (χ0v) is 13.5. The molecule has 126 valence electrons. The molecule has 4 rings (SSSR count). The Morgan fingerprint density at radius 3 is 2.68 bits per heavy atom. The van der Waals surface area contributed by atoms with Gasteiger partial charge in [-0.15, -0.1) is 0 Å². The second-order valence-corrected chi connectivity index (χ2v) is 5.87. The highest BCUT2D eigenvalue weighted by molar-refractivity contribution is 6.03. The Bertz CT molecular complexity index is 855. The lowest BCUT2D eigenvalue weighted by Gasteiger charge is -2.09. The maximum Gasteiger partial charge on any atom is 0.277 e. The average Bonchev–Trinajstić information content (AvgIpc) is 3.34. The van der Waals surface area contributed by atoms with E-state index in [4.69, 9.17) is 4.42 Å². The molecule has 1 amide bonds. The molecule has 1 aromatic carbocycles. The number of carbonyl (C=O) groups excluding carboxylic acids is 1. The number of anilines is 1. The fourth-order valence-electron chi connectivity index (χ4n) is 2.97. The van der Waals surface area contributed by atoms with Crippen molar-refractivity contribution in [3.8, 4) is 11.1 Å². The summed E-state index contributed by atoms with van der Waals surface area (Å²) in [7, 11) is 0. The number of amides is 1. The van der Waals surface area contributed by atoms with Crippen LogP contribution in [0.3, 0.4) is 0 Å². The highest BCUT2D eigenvalue weighted by atomic mass is 16.3. The van der Waals surface area contributed by atoms with Gasteiger partial charge in [-0.25, -0.2) is 15.0 Å². The summed E-state index contributed by atoms with van der Waals surface area (Å²) in [6, 6.07) is 7.57. The topological polar surface area (TPSA) is 92.9 Å². The van der Waals surface area contributed by atoms with Crippen molar-refractivity contribution in [2.75, 3.05) is 11.9 Å². The number of benzene rings is 1. The van der Waals surface area contributed by atoms with Gasteiger partial charge in [0.25, 0.3) is 5.91 Å². The molecule has 7 nitrogen and oxygen atoms in total. The van der Waals surface area contributed by atoms with Gasteiger partial charge < -0.3 is 15.1 Å². The van der Waals surface area contributed by atoms with E-state index in [0.29, 0.717) is 17.1 Å². The largest absolute Gasteiger partial charge is 0.446 e. The van der Waals surface area contributed by atoms with Crippen LogP contribution in [0, 0.1) is 0 Å². The van der Waals surface area contributed by atoms with Crippen LogP contribution in [-0.2, 0) is 0 Å². The van der Waals surface area contributed by atoms with Gasteiger partial charge in [0.15, 0.2) is 17.8 Å². The van der Waals surface area contributed by atoms with E-state index in [1.165, 1.54) is 12.7 Å². The van der Waals surface area contributed by atoms with Gasteiger partial charge in [-0.05, 0) is 37.1 Å². The van der Waals surface area contributed by atoms with Crippen LogP contribution in [0.25, 0.3) is 11.1 Å². The van der Waals surface area contributed by atoms with Gasteiger partial charge in [0.2, 0.25) is 0 Å². The molecule has 0 radical (unpaired) electrons. The van der Waals surface area contributed by atoms with Crippen LogP contribution in [0.4, 0.5) is 5.69 Å². The summed E-state index contributed by atoms with van der Waals surface area (Å²) in [4.78, 5) is 24.6. The molecule has 1 atom stereocenters. The molecular weight excluding hydrogens is 318 g/mol. The fourth-order valence-corrected chi connectivity index (χ4v) is 2.97. The Morgan fingerprint density at radius 2 is 1.96 bits per heavy atom. The van der Waals surface area contributed by atoms with Gasteiger partial charge in [-0.1, -0.05) is 12.1 Å². The van der Waals surface area contributed by atoms with E-state index in [1.807, 2.05) is 24.3 Å². The van der Waals surface area contributed by atoms with E-state index in [-0.39, 0.29) is 11.9 Å². The third kappa shape index (κ3) is 3.27. The number of nitrogens with one attached hydrogen (secondary N) is 2. The van der Waals surface area contributed by atoms with Gasteiger partial charge >= 0.3 is 0 Å². The van der Waals surface area contributed by atoms with Crippen LogP contribution in [0.5, 0.6) is 0 Å². The summed E-state index contributed by atoms with van der Waals surface area (Å²) in [6.07, 6.45) is 8.32. The van der Waals surface area contributed by atoms with Crippen molar-refractivity contribution < 1.29 is 9.21 Å². The molecule has 1 unspecified atom stereocenters. The summed E-state index contributed by atoms with van der Waals surface area (Å²) in [6.45, 7) is 0.928. The quantitative estimate of drug-likeness (QED) is 0.761. The normalized spacial score (nSPS) is 16.7. The molecule has 0 saturated carbocycles. The van der Waals surface area contributed by atoms with Crippen molar-refractivity contribution in [1.29, 1.82) is 0 Å². The number of oxazole rings is 1. The first-order valence-corrected chi connectivity index (χ1v) is 8.15. The molecule has 2 N–H and O–H groups in total. The summed E-state index contributed by atoms with van der Waals surface area (Å²) < 4.78 is 5.44. The van der Waals surface area contributed by atoms with Crippen molar-refractivity contribution >= 4 is 11.6 Å². The average molecular weight is 335 g/mol. The Morgan fingerprint density at radius 1 is 1.16 bits per heavy atom. The lowest BCUT2D eigenvalue weighted by molar-refractivity contribution is 0.102. The predicted molar refractivity (Wildman–Crippen MR) is 91.9 cm³/mol. The minimum Gasteiger partial charge on any atom is -0.446 e. The summed E-state index contributed by atoms with van der Waals surface area (Å²) in [5.41, 5.74) is 2.93. The monoisotopic (exact) mass is 335 g/mol. The Kier molecular flexibility index (Phi) is 4.22. The fraction of sp³-hybridized carbons (Fsp3) is 0.222. The first-order chi connectivity index (χ1) is 12.3. The van der Waals surface area contributed by atoms with E-state index >= 15 is 0 Å². The molecule has 25 heavy (non-hydrogen) atoms. The second kappa shape index (κ2) is 6.82. The van der Waals surface area contributed by atoms with Crippen LogP contribution < -0.4 is 10.6 Å². The molecule has 3 aromatic rings. The minimum absolute atomic E-state index is 0.0590. The molecule has 7 heteroatoms. The van der Waals surface area contributed by atoms with E-state index in [9.17, 15) is 4.79 Å². The van der Waals surface area contributed by atoms with Crippen LogP contribution in [0.2, 0.25) is 0 Å². The molecule has 3 heterocycles. The molecule has 2 aromatic heterocycles. The van der Waals surface area contributed by atoms with Crippen molar-refractivity contribution in [2.45, 2.75) is 18.9 Å². The minimum atomic E-state index is -0.270. The molecule has 1 aliphatic heterocycles. The standard InChI is InChI=1S/C18H17N5O2/c24-18(16-17(25-11-22-16)15-2-1-7-21-15)23-14-5-3-12(4-6-14)13-8-19-10-20-9-13/h3-6,8-11,15,21H,1-2,7H2,(H,23,24). The maximum atomic E-state index is 12.5. The van der Waals surface area contributed by atoms with Gasteiger partial charge in [-0.2, -0.15) is 0 Å². The van der Waals surface area contributed by atoms with E-state index in [2.05, 4.69) is 25.6 Å². The van der Waals surface area contributed by atoms with Crippen molar-refractivity contribution in [3.63, 3.8) is 0 Å². The van der Waals surface area contributed by atoms with Crippen LogP contribution >= 0.6 is 0 Å². The van der Waals surface area contributed by atoms with Crippen LogP contribution in [-0.4, -0.2) is 27.4 Å². The van der Waals surface area contributed by atoms with Gasteiger partial charge in [0.05, 0.1) is 6.04 Å². The molecule has 1 fully saturated rings. The first kappa shape index (κ1) is 15.5. The second-order valence-electron chi connectivity index (χ2n) is 5.87. The number of carbonyl (C=O) groups is 1. The van der Waals surface area contributed by atoms with E-state index in [1.54, 1.807) is 12.4 Å². The number of aromatic nitrogens is 3. The van der Waals surface area contributed by atoms with Gasteiger partial charge in [0, 0.05) is 23.6 Å². The number of hydrogen-bond acceptors (Lipinski definition) is 6. The molecule has 1 aliphatic rings. The number of rotatable bonds is 4. The molecule has 0 bridgehead atoms. The number of hydrogen-bond donors (Lipinski definition) is 2. The lowest BCUT2D eigenvalue weighted by Crippen LogP contribution is -2.19. The molecular formula is C18H17N5O2. The molecule has 0 spiro atoms. The van der Waals surface area contributed by atoms with Gasteiger partial charge in [0.1, 0.15) is 6.33 Å². The molecule has 0 aliphatic carbocycles. The zero-order chi connectivity index (χ0) is 17.1. The maximum absolute atomic E-state index is 12.5. The van der Waals surface area contributed by atoms with E-state index < -0.39 is 0 Å². The Hall–Kier alpha value is -3.06. The SMILES string of the molecule is O=C(Nc1ccc(-c2cncnc2)cc1)c1ncoc1C1CCCN1. The lowest BCUT2D eigenvalue weighted by atomic mass is 10.1. The summed E-state index contributed by atoms with van der Waals surface area (Å²) in [5.74, 6) is 0.335. The smallest absolute Gasteiger partial charge is 0.277 e. The summed E-state index contributed by atoms with van der Waals surface area (Å²) in [5, 5.41) is 6.18. The highest BCUT2D eigenvalue weighted by Crippen LogP contribution is 2.26. The zero-order valence-electron chi connectivity index (χ0n) is 13.5. The Labute approximate surface area is 144 Å². The summed E-state index contributed by atoms with van der Waals surface area (Å²) >= 11 is 0. The van der Waals surface area contributed by atoms with E-state index in [0.717, 1.165) is 30.5 Å². The third-order valence-corrected chi connectivity index (χ3v) is 4.22. The van der Waals surface area contributed by atoms with Gasteiger partial charge in [-0.3, -0.25) is 4.79 Å². The first-order valence-electron chi connectivity index (χ1n) is 8.15.